The molecule has 1 atom stereocenters. The van der Waals surface area contributed by atoms with Crippen LogP contribution < -0.4 is 5.32 Å². The highest BCUT2D eigenvalue weighted by atomic mass is 16.5. The van der Waals surface area contributed by atoms with Gasteiger partial charge in [0.05, 0.1) is 6.33 Å². The minimum Gasteiger partial charge on any atom is -0.356 e. The van der Waals surface area contributed by atoms with Gasteiger partial charge in [-0.2, -0.15) is 4.98 Å². The van der Waals surface area contributed by atoms with E-state index >= 15 is 0 Å². The number of amides is 2. The van der Waals surface area contributed by atoms with Crippen LogP contribution in [0.4, 0.5) is 0 Å². The first kappa shape index (κ1) is 20.7. The summed E-state index contributed by atoms with van der Waals surface area (Å²) in [4.78, 5) is 39.3. The summed E-state index contributed by atoms with van der Waals surface area (Å²) in [5.74, 6) is 0.949. The number of carbonyl (C=O) groups is 2. The van der Waals surface area contributed by atoms with E-state index in [1.807, 2.05) is 12.1 Å². The van der Waals surface area contributed by atoms with Crippen LogP contribution in [0.5, 0.6) is 0 Å². The van der Waals surface area contributed by atoms with Gasteiger partial charge in [0.2, 0.25) is 23.5 Å². The Morgan fingerprint density at radius 1 is 1.23 bits per heavy atom. The lowest BCUT2D eigenvalue weighted by Gasteiger charge is -2.23. The number of carbonyl (C=O) groups excluding carboxylic acids is 2. The smallest absolute Gasteiger partial charge is 0.242 e. The van der Waals surface area contributed by atoms with Crippen molar-refractivity contribution in [3.05, 3.63) is 49.1 Å². The van der Waals surface area contributed by atoms with Crippen LogP contribution in [0.15, 0.2) is 47.8 Å². The third-order valence-electron chi connectivity index (χ3n) is 5.34. The summed E-state index contributed by atoms with van der Waals surface area (Å²) in [7, 11) is 0. The van der Waals surface area contributed by atoms with Crippen molar-refractivity contribution in [3.8, 4) is 11.4 Å². The van der Waals surface area contributed by atoms with Gasteiger partial charge in [-0.25, -0.2) is 4.98 Å². The van der Waals surface area contributed by atoms with Gasteiger partial charge in [-0.05, 0) is 31.4 Å². The Hall–Kier alpha value is -3.56. The zero-order chi connectivity index (χ0) is 21.5. The molecule has 1 saturated heterocycles. The van der Waals surface area contributed by atoms with Crippen molar-refractivity contribution in [2.45, 2.75) is 38.1 Å². The summed E-state index contributed by atoms with van der Waals surface area (Å²) >= 11 is 0. The number of rotatable bonds is 4. The SMILES string of the molecule is O=C1CCN(C(=O)Cn2ccnc2)CCCC(c2nc(-c3cccnc3)no2)CCN1. The quantitative estimate of drug-likeness (QED) is 0.677. The van der Waals surface area contributed by atoms with Gasteiger partial charge in [-0.3, -0.25) is 14.6 Å². The highest BCUT2D eigenvalue weighted by Gasteiger charge is 2.23. The summed E-state index contributed by atoms with van der Waals surface area (Å²) in [6.45, 7) is 1.71. The number of hydrogen-bond acceptors (Lipinski definition) is 7. The largest absolute Gasteiger partial charge is 0.356 e. The van der Waals surface area contributed by atoms with Crippen molar-refractivity contribution in [1.29, 1.82) is 0 Å². The Morgan fingerprint density at radius 2 is 2.16 bits per heavy atom. The van der Waals surface area contributed by atoms with Crippen LogP contribution in [0, 0.1) is 0 Å². The first-order valence-corrected chi connectivity index (χ1v) is 10.4. The zero-order valence-corrected chi connectivity index (χ0v) is 17.2. The van der Waals surface area contributed by atoms with Gasteiger partial charge in [-0.15, -0.1) is 0 Å². The number of aromatic nitrogens is 5. The fourth-order valence-corrected chi connectivity index (χ4v) is 3.64. The molecule has 10 nitrogen and oxygen atoms in total. The monoisotopic (exact) mass is 423 g/mol. The molecular weight excluding hydrogens is 398 g/mol. The third kappa shape index (κ3) is 5.53. The van der Waals surface area contributed by atoms with Crippen LogP contribution in [-0.4, -0.2) is 61.0 Å². The Bertz CT molecular complexity index is 988. The van der Waals surface area contributed by atoms with Gasteiger partial charge < -0.3 is 19.3 Å². The van der Waals surface area contributed by atoms with Gasteiger partial charge in [0.25, 0.3) is 0 Å². The molecular formula is C21H25N7O3. The van der Waals surface area contributed by atoms with E-state index in [0.29, 0.717) is 37.8 Å². The molecule has 0 spiro atoms. The van der Waals surface area contributed by atoms with Crippen LogP contribution in [0.3, 0.4) is 0 Å². The first-order valence-electron chi connectivity index (χ1n) is 10.4. The van der Waals surface area contributed by atoms with Crippen LogP contribution in [-0.2, 0) is 16.1 Å². The average molecular weight is 423 g/mol. The molecule has 2 amide bonds. The highest BCUT2D eigenvalue weighted by Crippen LogP contribution is 2.26. The molecule has 4 heterocycles. The van der Waals surface area contributed by atoms with E-state index in [4.69, 9.17) is 4.52 Å². The first-order chi connectivity index (χ1) is 15.2. The molecule has 0 aliphatic carbocycles. The minimum atomic E-state index is -0.0670. The van der Waals surface area contributed by atoms with Gasteiger partial charge in [0.15, 0.2) is 0 Å². The van der Waals surface area contributed by atoms with Gasteiger partial charge in [0.1, 0.15) is 6.54 Å². The molecule has 1 N–H and O–H groups in total. The molecule has 0 bridgehead atoms. The van der Waals surface area contributed by atoms with Gasteiger partial charge >= 0.3 is 0 Å². The Kier molecular flexibility index (Phi) is 6.65. The molecule has 3 aromatic rings. The maximum atomic E-state index is 12.7. The minimum absolute atomic E-state index is 0.00178. The maximum absolute atomic E-state index is 12.7. The normalized spacial score (nSPS) is 18.3. The number of nitrogens with one attached hydrogen (secondary N) is 1. The summed E-state index contributed by atoms with van der Waals surface area (Å²) in [5.41, 5.74) is 0.791. The van der Waals surface area contributed by atoms with E-state index in [1.165, 1.54) is 0 Å². The summed E-state index contributed by atoms with van der Waals surface area (Å²) in [5, 5.41) is 7.02. The maximum Gasteiger partial charge on any atom is 0.242 e. The standard InChI is InChI=1S/C21H25N7O3/c29-18-6-11-28(19(30)14-27-12-9-23-15-27)10-2-4-16(5-8-24-18)21-25-20(26-31-21)17-3-1-7-22-13-17/h1,3,7,9,12-13,15-16H,2,4-6,8,10-11,14H2,(H,24,29). The zero-order valence-electron chi connectivity index (χ0n) is 17.2. The van der Waals surface area contributed by atoms with Crippen LogP contribution in [0.25, 0.3) is 11.4 Å². The van der Waals surface area contributed by atoms with Crippen LogP contribution in [0.2, 0.25) is 0 Å². The summed E-state index contributed by atoms with van der Waals surface area (Å²) in [6, 6.07) is 3.70. The lowest BCUT2D eigenvalue weighted by molar-refractivity contribution is -0.132. The Labute approximate surface area is 179 Å². The number of hydrogen-bond donors (Lipinski definition) is 1. The highest BCUT2D eigenvalue weighted by molar-refractivity contribution is 5.79. The molecule has 0 saturated carbocycles. The summed E-state index contributed by atoms with van der Waals surface area (Å²) in [6.07, 6.45) is 10.9. The van der Waals surface area contributed by atoms with E-state index < -0.39 is 0 Å². The van der Waals surface area contributed by atoms with Crippen LogP contribution in [0.1, 0.15) is 37.5 Å². The second-order valence-corrected chi connectivity index (χ2v) is 7.54. The second kappa shape index (κ2) is 9.96. The van der Waals surface area contributed by atoms with E-state index in [2.05, 4.69) is 25.4 Å². The van der Waals surface area contributed by atoms with Crippen molar-refractivity contribution < 1.29 is 14.1 Å². The van der Waals surface area contributed by atoms with Crippen LogP contribution >= 0.6 is 0 Å². The molecule has 10 heteroatoms. The van der Waals surface area contributed by atoms with Gasteiger partial charge in [-0.1, -0.05) is 5.16 Å². The van der Waals surface area contributed by atoms with Gasteiger partial charge in [0, 0.05) is 62.3 Å². The van der Waals surface area contributed by atoms with Crippen molar-refractivity contribution in [2.75, 3.05) is 19.6 Å². The Morgan fingerprint density at radius 3 is 2.97 bits per heavy atom. The molecule has 3 aromatic heterocycles. The van der Waals surface area contributed by atoms with Crippen molar-refractivity contribution in [1.82, 2.24) is 34.9 Å². The molecule has 1 aliphatic heterocycles. The van der Waals surface area contributed by atoms with Crippen molar-refractivity contribution >= 4 is 11.8 Å². The molecule has 162 valence electrons. The lowest BCUT2D eigenvalue weighted by atomic mass is 9.99. The van der Waals surface area contributed by atoms with E-state index in [9.17, 15) is 9.59 Å². The molecule has 4 rings (SSSR count). The lowest BCUT2D eigenvalue weighted by Crippen LogP contribution is -2.37. The van der Waals surface area contributed by atoms with E-state index in [0.717, 1.165) is 18.4 Å². The molecule has 31 heavy (non-hydrogen) atoms. The molecule has 0 aromatic carbocycles. The Balaban J connectivity index is 1.43. The number of imidazole rings is 1. The second-order valence-electron chi connectivity index (χ2n) is 7.54. The van der Waals surface area contributed by atoms with Crippen molar-refractivity contribution in [2.24, 2.45) is 0 Å². The fourth-order valence-electron chi connectivity index (χ4n) is 3.64. The fraction of sp³-hybridized carbons (Fsp3) is 0.429. The summed E-state index contributed by atoms with van der Waals surface area (Å²) < 4.78 is 7.27. The van der Waals surface area contributed by atoms with E-state index in [-0.39, 0.29) is 30.7 Å². The molecule has 1 aliphatic rings. The van der Waals surface area contributed by atoms with Crippen molar-refractivity contribution in [3.63, 3.8) is 0 Å². The van der Waals surface area contributed by atoms with E-state index in [1.54, 1.807) is 40.6 Å². The molecule has 0 radical (unpaired) electrons. The predicted molar refractivity (Wildman–Crippen MR) is 111 cm³/mol. The third-order valence-corrected chi connectivity index (χ3v) is 5.34. The number of pyridine rings is 1. The predicted octanol–water partition coefficient (Wildman–Crippen LogP) is 1.63. The number of nitrogens with zero attached hydrogens (tertiary/aromatic N) is 6. The molecule has 1 unspecified atom stereocenters. The molecule has 1 fully saturated rings. The average Bonchev–Trinajstić information content (AvgIpc) is 3.47. The topological polar surface area (TPSA) is 119 Å².